The van der Waals surface area contributed by atoms with E-state index in [-0.39, 0.29) is 0 Å². The minimum Gasteiger partial charge on any atom is -0.493 e. The Bertz CT molecular complexity index is 647. The van der Waals surface area contributed by atoms with Gasteiger partial charge in [-0.3, -0.25) is 0 Å². The number of rotatable bonds is 3. The fourth-order valence-electron chi connectivity index (χ4n) is 1.64. The number of nitrogens with zero attached hydrogens (tertiary/aromatic N) is 1. The number of aryl methyl sites for hydroxylation is 1. The summed E-state index contributed by atoms with van der Waals surface area (Å²) >= 11 is 5.96. The van der Waals surface area contributed by atoms with Gasteiger partial charge in [0.2, 0.25) is 0 Å². The lowest BCUT2D eigenvalue weighted by Crippen LogP contribution is -1.91. The van der Waals surface area contributed by atoms with Crippen LogP contribution >= 0.6 is 11.6 Å². The first kappa shape index (κ1) is 13.3. The van der Waals surface area contributed by atoms with E-state index in [1.165, 1.54) is 0 Å². The molecule has 0 amide bonds. The van der Waals surface area contributed by atoms with E-state index in [2.05, 4.69) is 0 Å². The van der Waals surface area contributed by atoms with Gasteiger partial charge in [0.15, 0.2) is 11.5 Å². The van der Waals surface area contributed by atoms with Crippen LogP contribution < -0.4 is 9.47 Å². The topological polar surface area (TPSA) is 42.2 Å². The van der Waals surface area contributed by atoms with Gasteiger partial charge in [0.1, 0.15) is 11.8 Å². The summed E-state index contributed by atoms with van der Waals surface area (Å²) < 4.78 is 11.0. The molecule has 2 rings (SSSR count). The number of methoxy groups -OCH3 is 1. The summed E-state index contributed by atoms with van der Waals surface area (Å²) in [5.41, 5.74) is 1.51. The minimum absolute atomic E-state index is 0.367. The Morgan fingerprint density at radius 3 is 2.53 bits per heavy atom. The van der Waals surface area contributed by atoms with Crippen molar-refractivity contribution in [1.82, 2.24) is 0 Å². The quantitative estimate of drug-likeness (QED) is 0.836. The molecule has 19 heavy (non-hydrogen) atoms. The van der Waals surface area contributed by atoms with Gasteiger partial charge in [-0.15, -0.1) is 0 Å². The average molecular weight is 274 g/mol. The van der Waals surface area contributed by atoms with E-state index in [1.807, 2.05) is 31.2 Å². The number of benzene rings is 2. The molecule has 0 fully saturated rings. The number of halogens is 1. The molecule has 0 saturated carbocycles. The molecular weight excluding hydrogens is 262 g/mol. The number of hydrogen-bond acceptors (Lipinski definition) is 3. The van der Waals surface area contributed by atoms with E-state index in [0.717, 1.165) is 5.56 Å². The molecule has 0 bridgehead atoms. The molecule has 0 saturated heterocycles. The van der Waals surface area contributed by atoms with Crippen molar-refractivity contribution in [2.45, 2.75) is 6.92 Å². The van der Waals surface area contributed by atoms with Crippen LogP contribution in [0.5, 0.6) is 17.2 Å². The van der Waals surface area contributed by atoms with Gasteiger partial charge < -0.3 is 9.47 Å². The van der Waals surface area contributed by atoms with Gasteiger partial charge in [-0.25, -0.2) is 0 Å². The summed E-state index contributed by atoms with van der Waals surface area (Å²) in [6, 6.07) is 12.6. The van der Waals surface area contributed by atoms with Crippen molar-refractivity contribution in [3.8, 4) is 23.3 Å². The third kappa shape index (κ3) is 2.98. The largest absolute Gasteiger partial charge is 0.493 e. The van der Waals surface area contributed by atoms with Crippen LogP contribution in [0.4, 0.5) is 0 Å². The fraction of sp³-hybridized carbons (Fsp3) is 0.133. The molecule has 4 heteroatoms. The van der Waals surface area contributed by atoms with Crippen LogP contribution in [0.25, 0.3) is 0 Å². The van der Waals surface area contributed by atoms with Crippen LogP contribution in [0.15, 0.2) is 36.4 Å². The van der Waals surface area contributed by atoms with Crippen molar-refractivity contribution in [3.63, 3.8) is 0 Å². The minimum atomic E-state index is 0.367. The summed E-state index contributed by atoms with van der Waals surface area (Å²) in [5.74, 6) is 1.82. The highest BCUT2D eigenvalue weighted by molar-refractivity contribution is 6.31. The summed E-state index contributed by atoms with van der Waals surface area (Å²) in [4.78, 5) is 0. The summed E-state index contributed by atoms with van der Waals surface area (Å²) in [5, 5.41) is 9.18. The highest BCUT2D eigenvalue weighted by Gasteiger charge is 2.07. The van der Waals surface area contributed by atoms with E-state index in [0.29, 0.717) is 27.8 Å². The number of hydrogen-bond donors (Lipinski definition) is 0. The first-order valence-electron chi connectivity index (χ1n) is 5.66. The van der Waals surface area contributed by atoms with Gasteiger partial charge >= 0.3 is 0 Å². The zero-order valence-electron chi connectivity index (χ0n) is 10.6. The Balaban J connectivity index is 2.31. The standard InChI is InChI=1S/C15H12ClNO2/c1-10-3-6-14(15(7-10)18-2)19-12-5-4-11(9-17)13(16)8-12/h3-8H,1-2H3. The molecule has 0 unspecified atom stereocenters. The smallest absolute Gasteiger partial charge is 0.169 e. The van der Waals surface area contributed by atoms with Crippen LogP contribution in [0, 0.1) is 18.3 Å². The van der Waals surface area contributed by atoms with E-state index in [1.54, 1.807) is 25.3 Å². The van der Waals surface area contributed by atoms with Crippen LogP contribution in [-0.2, 0) is 0 Å². The van der Waals surface area contributed by atoms with Gasteiger partial charge in [-0.1, -0.05) is 17.7 Å². The lowest BCUT2D eigenvalue weighted by Gasteiger charge is -2.11. The first-order valence-corrected chi connectivity index (χ1v) is 6.04. The predicted molar refractivity (Wildman–Crippen MR) is 74.0 cm³/mol. The second-order valence-electron chi connectivity index (χ2n) is 4.01. The SMILES string of the molecule is COc1cc(C)ccc1Oc1ccc(C#N)c(Cl)c1. The molecule has 3 nitrogen and oxygen atoms in total. The fourth-order valence-corrected chi connectivity index (χ4v) is 1.85. The maximum atomic E-state index is 8.82. The molecule has 0 aliphatic heterocycles. The second kappa shape index (κ2) is 5.64. The van der Waals surface area contributed by atoms with Crippen molar-refractivity contribution >= 4 is 11.6 Å². The van der Waals surface area contributed by atoms with Crippen molar-refractivity contribution < 1.29 is 9.47 Å². The van der Waals surface area contributed by atoms with Gasteiger partial charge in [0, 0.05) is 6.07 Å². The van der Waals surface area contributed by atoms with Crippen LogP contribution in [0.3, 0.4) is 0 Å². The van der Waals surface area contributed by atoms with Crippen molar-refractivity contribution in [2.75, 3.05) is 7.11 Å². The highest BCUT2D eigenvalue weighted by Crippen LogP contribution is 2.33. The molecule has 0 atom stereocenters. The molecule has 0 radical (unpaired) electrons. The number of ether oxygens (including phenoxy) is 2. The molecular formula is C15H12ClNO2. The highest BCUT2D eigenvalue weighted by atomic mass is 35.5. The van der Waals surface area contributed by atoms with Gasteiger partial charge in [-0.2, -0.15) is 5.26 Å². The van der Waals surface area contributed by atoms with Crippen molar-refractivity contribution in [3.05, 3.63) is 52.5 Å². The first-order chi connectivity index (χ1) is 9.13. The molecule has 0 heterocycles. The van der Waals surface area contributed by atoms with Crippen molar-refractivity contribution in [2.24, 2.45) is 0 Å². The zero-order valence-corrected chi connectivity index (χ0v) is 11.4. The lowest BCUT2D eigenvalue weighted by molar-refractivity contribution is 0.378. The van der Waals surface area contributed by atoms with Gasteiger partial charge in [0.25, 0.3) is 0 Å². The summed E-state index contributed by atoms with van der Waals surface area (Å²) in [7, 11) is 1.59. The predicted octanol–water partition coefficient (Wildman–Crippen LogP) is 4.32. The molecule has 0 aliphatic rings. The summed E-state index contributed by atoms with van der Waals surface area (Å²) in [6.07, 6.45) is 0. The average Bonchev–Trinajstić information content (AvgIpc) is 2.41. The lowest BCUT2D eigenvalue weighted by atomic mass is 10.2. The third-order valence-corrected chi connectivity index (χ3v) is 2.92. The maximum absolute atomic E-state index is 8.82. The van der Waals surface area contributed by atoms with Crippen LogP contribution in [0.2, 0.25) is 5.02 Å². The Morgan fingerprint density at radius 1 is 1.11 bits per heavy atom. The molecule has 2 aromatic carbocycles. The van der Waals surface area contributed by atoms with Crippen LogP contribution in [-0.4, -0.2) is 7.11 Å². The monoisotopic (exact) mass is 273 g/mol. The molecule has 0 spiro atoms. The molecule has 0 aliphatic carbocycles. The van der Waals surface area contributed by atoms with E-state index in [9.17, 15) is 0 Å². The van der Waals surface area contributed by atoms with Crippen molar-refractivity contribution in [1.29, 1.82) is 5.26 Å². The van der Waals surface area contributed by atoms with Gasteiger partial charge in [-0.05, 0) is 36.8 Å². The Morgan fingerprint density at radius 2 is 1.89 bits per heavy atom. The Hall–Kier alpha value is -2.18. The second-order valence-corrected chi connectivity index (χ2v) is 4.42. The molecule has 0 aromatic heterocycles. The maximum Gasteiger partial charge on any atom is 0.169 e. The zero-order chi connectivity index (χ0) is 13.8. The Kier molecular flexibility index (Phi) is 3.94. The van der Waals surface area contributed by atoms with Gasteiger partial charge in [0.05, 0.1) is 17.7 Å². The Labute approximate surface area is 117 Å². The van der Waals surface area contributed by atoms with E-state index >= 15 is 0 Å². The summed E-state index contributed by atoms with van der Waals surface area (Å²) in [6.45, 7) is 1.98. The number of nitriles is 1. The molecule has 96 valence electrons. The van der Waals surface area contributed by atoms with Crippen LogP contribution in [0.1, 0.15) is 11.1 Å². The van der Waals surface area contributed by atoms with E-state index < -0.39 is 0 Å². The molecule has 2 aromatic rings. The third-order valence-electron chi connectivity index (χ3n) is 2.61. The van der Waals surface area contributed by atoms with E-state index in [4.69, 9.17) is 26.3 Å². The molecule has 0 N–H and O–H groups in total. The normalized spacial score (nSPS) is 9.79.